The average Bonchev–Trinajstić information content (AvgIpc) is 2.77. The molecule has 7 heteroatoms. The van der Waals surface area contributed by atoms with Gasteiger partial charge in [0, 0.05) is 34.1 Å². The number of nitrogens with one attached hydrogen (secondary N) is 2. The van der Waals surface area contributed by atoms with Crippen molar-refractivity contribution < 1.29 is 14.5 Å². The lowest BCUT2D eigenvalue weighted by Crippen LogP contribution is -1.94. The molecular formula is C24H15N3O4. The van der Waals surface area contributed by atoms with Crippen molar-refractivity contribution in [2.75, 3.05) is 10.6 Å². The normalized spacial score (nSPS) is 9.29. The van der Waals surface area contributed by atoms with Gasteiger partial charge in [0.1, 0.15) is 5.56 Å². The molecule has 2 N–H and O–H groups in total. The van der Waals surface area contributed by atoms with E-state index in [4.69, 9.17) is 0 Å². The van der Waals surface area contributed by atoms with Crippen LogP contribution in [0.15, 0.2) is 66.7 Å². The average molecular weight is 409 g/mol. The minimum atomic E-state index is -0.506. The summed E-state index contributed by atoms with van der Waals surface area (Å²) < 4.78 is 0. The van der Waals surface area contributed by atoms with Crippen LogP contribution in [0.3, 0.4) is 0 Å². The molecule has 2 amide bonds. The van der Waals surface area contributed by atoms with Crippen LogP contribution in [0.4, 0.5) is 17.1 Å². The summed E-state index contributed by atoms with van der Waals surface area (Å²) in [7, 11) is 0. The predicted molar refractivity (Wildman–Crippen MR) is 117 cm³/mol. The lowest BCUT2D eigenvalue weighted by Gasteiger charge is -1.99. The van der Waals surface area contributed by atoms with Gasteiger partial charge in [0.05, 0.1) is 4.92 Å². The van der Waals surface area contributed by atoms with Crippen molar-refractivity contribution in [2.24, 2.45) is 0 Å². The lowest BCUT2D eigenvalue weighted by atomic mass is 10.1. The van der Waals surface area contributed by atoms with Crippen LogP contribution in [-0.4, -0.2) is 17.7 Å². The Hall–Kier alpha value is -4.88. The molecule has 0 spiro atoms. The third kappa shape index (κ3) is 5.80. The Morgan fingerprint density at radius 2 is 1.23 bits per heavy atom. The number of anilines is 2. The summed E-state index contributed by atoms with van der Waals surface area (Å²) in [5.74, 6) is 11.5. The van der Waals surface area contributed by atoms with Gasteiger partial charge in [-0.2, -0.15) is 0 Å². The van der Waals surface area contributed by atoms with Crippen LogP contribution in [-0.2, 0) is 9.59 Å². The van der Waals surface area contributed by atoms with Gasteiger partial charge < -0.3 is 10.6 Å². The summed E-state index contributed by atoms with van der Waals surface area (Å²) >= 11 is 0. The van der Waals surface area contributed by atoms with Crippen LogP contribution >= 0.6 is 0 Å². The van der Waals surface area contributed by atoms with Crippen molar-refractivity contribution in [3.63, 3.8) is 0 Å². The summed E-state index contributed by atoms with van der Waals surface area (Å²) in [6.07, 6.45) is 1.14. The Kier molecular flexibility index (Phi) is 6.76. The highest BCUT2D eigenvalue weighted by atomic mass is 16.6. The van der Waals surface area contributed by atoms with Gasteiger partial charge in [-0.25, -0.2) is 0 Å². The summed E-state index contributed by atoms with van der Waals surface area (Å²) in [6, 6.07) is 18.3. The molecule has 3 aromatic carbocycles. The highest BCUT2D eigenvalue weighted by Gasteiger charge is 2.12. The quantitative estimate of drug-likeness (QED) is 0.291. The molecular weight excluding hydrogens is 394 g/mol. The van der Waals surface area contributed by atoms with Gasteiger partial charge in [-0.3, -0.25) is 19.7 Å². The highest BCUT2D eigenvalue weighted by Crippen LogP contribution is 2.20. The molecule has 0 atom stereocenters. The van der Waals surface area contributed by atoms with Crippen LogP contribution in [0.5, 0.6) is 0 Å². The molecule has 3 aromatic rings. The topological polar surface area (TPSA) is 101 Å². The van der Waals surface area contributed by atoms with Crippen LogP contribution in [0.1, 0.15) is 22.3 Å². The fourth-order valence-electron chi connectivity index (χ4n) is 2.66. The molecule has 150 valence electrons. The summed E-state index contributed by atoms with van der Waals surface area (Å²) in [5.41, 5.74) is 3.00. The second-order valence-electron chi connectivity index (χ2n) is 6.18. The minimum absolute atomic E-state index is 0.155. The summed E-state index contributed by atoms with van der Waals surface area (Å²) in [4.78, 5) is 32.1. The van der Waals surface area contributed by atoms with Crippen molar-refractivity contribution in [1.82, 2.24) is 0 Å². The fourth-order valence-corrected chi connectivity index (χ4v) is 2.66. The standard InChI is InChI=1S/C24H15N3O4/c28-16-25-22-5-1-3-18(13-22)7-8-20-10-12-21(24(15-20)27(30)31)11-9-19-4-2-6-23(14-19)26-17-29/h1-6,10,12-17H,(H,25,28)(H,26,29). The van der Waals surface area contributed by atoms with E-state index in [2.05, 4.69) is 34.3 Å². The molecule has 7 nitrogen and oxygen atoms in total. The molecule has 0 fully saturated rings. The van der Waals surface area contributed by atoms with Gasteiger partial charge in [-0.05, 0) is 48.5 Å². The number of hydrogen-bond donors (Lipinski definition) is 2. The molecule has 0 bridgehead atoms. The van der Waals surface area contributed by atoms with Crippen molar-refractivity contribution in [3.8, 4) is 23.7 Å². The van der Waals surface area contributed by atoms with Crippen LogP contribution in [0.25, 0.3) is 0 Å². The third-order valence-electron chi connectivity index (χ3n) is 4.06. The first kappa shape index (κ1) is 20.8. The Bertz CT molecular complexity index is 1280. The zero-order valence-electron chi connectivity index (χ0n) is 16.1. The van der Waals surface area contributed by atoms with E-state index in [9.17, 15) is 19.7 Å². The number of carbonyl (C=O) groups excluding carboxylic acids is 2. The molecule has 0 aliphatic rings. The van der Waals surface area contributed by atoms with E-state index >= 15 is 0 Å². The Morgan fingerprint density at radius 3 is 1.74 bits per heavy atom. The fraction of sp³-hybridized carbons (Fsp3) is 0. The van der Waals surface area contributed by atoms with Gasteiger partial charge in [-0.1, -0.05) is 35.8 Å². The van der Waals surface area contributed by atoms with Crippen molar-refractivity contribution in [2.45, 2.75) is 0 Å². The third-order valence-corrected chi connectivity index (χ3v) is 4.06. The number of amides is 2. The Balaban J connectivity index is 1.89. The molecule has 3 rings (SSSR count). The van der Waals surface area contributed by atoms with E-state index in [0.29, 0.717) is 40.9 Å². The van der Waals surface area contributed by atoms with Gasteiger partial charge >= 0.3 is 0 Å². The van der Waals surface area contributed by atoms with E-state index in [1.165, 1.54) is 6.07 Å². The number of nitrogens with zero attached hydrogens (tertiary/aromatic N) is 1. The Morgan fingerprint density at radius 1 is 0.710 bits per heavy atom. The lowest BCUT2D eigenvalue weighted by molar-refractivity contribution is -0.385. The monoisotopic (exact) mass is 409 g/mol. The van der Waals surface area contributed by atoms with Crippen LogP contribution in [0.2, 0.25) is 0 Å². The number of hydrogen-bond acceptors (Lipinski definition) is 4. The molecule has 0 aliphatic carbocycles. The maximum atomic E-state index is 11.5. The van der Waals surface area contributed by atoms with Gasteiger partial charge in [-0.15, -0.1) is 0 Å². The van der Waals surface area contributed by atoms with E-state index in [1.807, 2.05) is 0 Å². The maximum Gasteiger partial charge on any atom is 0.286 e. The van der Waals surface area contributed by atoms with Gasteiger partial charge in [0.25, 0.3) is 5.69 Å². The van der Waals surface area contributed by atoms with Crippen molar-refractivity contribution >= 4 is 29.9 Å². The molecule has 0 aromatic heterocycles. The maximum absolute atomic E-state index is 11.5. The number of nitro groups is 1. The number of rotatable bonds is 5. The Labute approximate surface area is 178 Å². The minimum Gasteiger partial charge on any atom is -0.329 e. The van der Waals surface area contributed by atoms with E-state index in [1.54, 1.807) is 60.7 Å². The second kappa shape index (κ2) is 10.1. The number of nitro benzene ring substituents is 1. The van der Waals surface area contributed by atoms with Gasteiger partial charge in [0.2, 0.25) is 12.8 Å². The van der Waals surface area contributed by atoms with Crippen LogP contribution in [0, 0.1) is 33.8 Å². The first-order valence-corrected chi connectivity index (χ1v) is 9.02. The summed E-state index contributed by atoms with van der Waals surface area (Å²) in [5, 5.41) is 16.6. The molecule has 0 saturated carbocycles. The van der Waals surface area contributed by atoms with Gasteiger partial charge in [0.15, 0.2) is 0 Å². The molecule has 31 heavy (non-hydrogen) atoms. The smallest absolute Gasteiger partial charge is 0.286 e. The molecule has 0 saturated heterocycles. The van der Waals surface area contributed by atoms with Crippen molar-refractivity contribution in [1.29, 1.82) is 0 Å². The van der Waals surface area contributed by atoms with E-state index < -0.39 is 4.92 Å². The zero-order chi connectivity index (χ0) is 22.1. The molecule has 0 radical (unpaired) electrons. The van der Waals surface area contributed by atoms with Crippen molar-refractivity contribution in [3.05, 3.63) is 99.1 Å². The molecule has 0 unspecified atom stereocenters. The predicted octanol–water partition coefficient (Wildman–Crippen LogP) is 3.53. The molecule has 0 aliphatic heterocycles. The highest BCUT2D eigenvalue weighted by molar-refractivity contribution is 5.72. The van der Waals surface area contributed by atoms with E-state index in [-0.39, 0.29) is 11.3 Å². The van der Waals surface area contributed by atoms with Crippen LogP contribution < -0.4 is 10.6 Å². The largest absolute Gasteiger partial charge is 0.329 e. The number of carbonyl (C=O) groups is 2. The molecule has 0 heterocycles. The second-order valence-corrected chi connectivity index (χ2v) is 6.18. The zero-order valence-corrected chi connectivity index (χ0v) is 16.1. The first-order chi connectivity index (χ1) is 15.1. The SMILES string of the molecule is O=CNc1cccc(C#Cc2ccc(C#Cc3cccc(NC=O)c3)c([N+](=O)[O-])c2)c1. The summed E-state index contributed by atoms with van der Waals surface area (Å²) in [6.45, 7) is 0. The first-order valence-electron chi connectivity index (χ1n) is 9.02. The number of benzene rings is 3. The van der Waals surface area contributed by atoms with E-state index in [0.717, 1.165) is 0 Å².